The van der Waals surface area contributed by atoms with E-state index in [1.807, 2.05) is 30.3 Å². The van der Waals surface area contributed by atoms with E-state index in [0.717, 1.165) is 17.0 Å². The van der Waals surface area contributed by atoms with Gasteiger partial charge < -0.3 is 15.8 Å². The van der Waals surface area contributed by atoms with Gasteiger partial charge in [-0.25, -0.2) is 0 Å². The number of rotatable bonds is 3. The predicted octanol–water partition coefficient (Wildman–Crippen LogP) is 2.97. The number of hydrogen-bond acceptors (Lipinski definition) is 3. The van der Waals surface area contributed by atoms with Crippen molar-refractivity contribution >= 4 is 11.6 Å². The van der Waals surface area contributed by atoms with Crippen LogP contribution in [-0.4, -0.2) is 12.5 Å². The Hall–Kier alpha value is -2.49. The molecule has 0 saturated carbocycles. The molecule has 1 aliphatic rings. The first-order valence-electron chi connectivity index (χ1n) is 7.03. The molecule has 3 rings (SSSR count). The lowest BCUT2D eigenvalue weighted by Gasteiger charge is -2.32. The largest absolute Gasteiger partial charge is 0.493 e. The Balaban J connectivity index is 1.85. The molecule has 0 fully saturated rings. The number of amides is 1. The summed E-state index contributed by atoms with van der Waals surface area (Å²) < 4.78 is 5.75. The molecule has 1 amide bonds. The quantitative estimate of drug-likeness (QED) is 0.909. The van der Waals surface area contributed by atoms with Crippen LogP contribution in [0.4, 0.5) is 5.69 Å². The molecule has 1 heterocycles. The highest BCUT2D eigenvalue weighted by atomic mass is 16.5. The second kappa shape index (κ2) is 5.48. The van der Waals surface area contributed by atoms with Crippen LogP contribution < -0.4 is 15.8 Å². The Morgan fingerprint density at radius 1 is 1.19 bits per heavy atom. The Morgan fingerprint density at radius 2 is 1.90 bits per heavy atom. The van der Waals surface area contributed by atoms with Crippen molar-refractivity contribution in [3.8, 4) is 5.75 Å². The maximum atomic E-state index is 11.1. The smallest absolute Gasteiger partial charge is 0.248 e. The summed E-state index contributed by atoms with van der Waals surface area (Å²) in [5.74, 6) is 0.879. The van der Waals surface area contributed by atoms with Gasteiger partial charge in [-0.2, -0.15) is 0 Å². The number of nitrogens with one attached hydrogen (secondary N) is 1. The van der Waals surface area contributed by atoms with Gasteiger partial charge >= 0.3 is 0 Å². The number of nitrogens with two attached hydrogens (primary N) is 1. The third kappa shape index (κ3) is 2.70. The van der Waals surface area contributed by atoms with E-state index in [0.29, 0.717) is 18.1 Å². The van der Waals surface area contributed by atoms with Crippen LogP contribution in [0.15, 0.2) is 48.5 Å². The van der Waals surface area contributed by atoms with Crippen molar-refractivity contribution in [2.75, 3.05) is 11.9 Å². The SMILES string of the molecule is CC1COc2ccccc2C1Nc1ccc(C(N)=O)cc1. The van der Waals surface area contributed by atoms with Crippen LogP contribution >= 0.6 is 0 Å². The number of benzene rings is 2. The van der Waals surface area contributed by atoms with Gasteiger partial charge in [0.15, 0.2) is 0 Å². The molecule has 108 valence electrons. The first kappa shape index (κ1) is 13.5. The summed E-state index contributed by atoms with van der Waals surface area (Å²) in [6.45, 7) is 2.85. The van der Waals surface area contributed by atoms with Crippen LogP contribution in [0, 0.1) is 5.92 Å². The van der Waals surface area contributed by atoms with Crippen molar-refractivity contribution < 1.29 is 9.53 Å². The van der Waals surface area contributed by atoms with Crippen LogP contribution in [0.1, 0.15) is 28.9 Å². The molecule has 4 heteroatoms. The molecule has 2 aromatic rings. The highest BCUT2D eigenvalue weighted by Gasteiger charge is 2.27. The van der Waals surface area contributed by atoms with Gasteiger partial charge in [0.2, 0.25) is 5.91 Å². The molecule has 3 N–H and O–H groups in total. The van der Waals surface area contributed by atoms with E-state index >= 15 is 0 Å². The number of ether oxygens (including phenoxy) is 1. The average Bonchev–Trinajstić information content (AvgIpc) is 2.51. The summed E-state index contributed by atoms with van der Waals surface area (Å²) in [7, 11) is 0. The molecule has 0 aliphatic carbocycles. The average molecular weight is 282 g/mol. The third-order valence-corrected chi connectivity index (χ3v) is 3.82. The fourth-order valence-electron chi connectivity index (χ4n) is 2.62. The molecule has 0 aromatic heterocycles. The number of hydrogen-bond donors (Lipinski definition) is 2. The number of para-hydroxylation sites is 1. The molecular formula is C17H18N2O2. The number of primary amides is 1. The summed E-state index contributed by atoms with van der Waals surface area (Å²) in [6.07, 6.45) is 0. The Morgan fingerprint density at radius 3 is 2.62 bits per heavy atom. The number of anilines is 1. The molecule has 2 unspecified atom stereocenters. The zero-order chi connectivity index (χ0) is 14.8. The fourth-order valence-corrected chi connectivity index (χ4v) is 2.62. The van der Waals surface area contributed by atoms with Gasteiger partial charge in [-0.15, -0.1) is 0 Å². The highest BCUT2D eigenvalue weighted by Crippen LogP contribution is 2.37. The van der Waals surface area contributed by atoms with Crippen molar-refractivity contribution in [3.05, 3.63) is 59.7 Å². The second-order valence-corrected chi connectivity index (χ2v) is 5.39. The fraction of sp³-hybridized carbons (Fsp3) is 0.235. The Kier molecular flexibility index (Phi) is 3.52. The molecule has 0 saturated heterocycles. The molecule has 21 heavy (non-hydrogen) atoms. The first-order chi connectivity index (χ1) is 10.1. The van der Waals surface area contributed by atoms with E-state index in [9.17, 15) is 4.79 Å². The van der Waals surface area contributed by atoms with Crippen molar-refractivity contribution in [2.24, 2.45) is 11.7 Å². The second-order valence-electron chi connectivity index (χ2n) is 5.39. The molecule has 2 atom stereocenters. The molecule has 0 spiro atoms. The Labute approximate surface area is 123 Å². The van der Waals surface area contributed by atoms with Gasteiger partial charge in [0, 0.05) is 22.7 Å². The molecule has 0 bridgehead atoms. The lowest BCUT2D eigenvalue weighted by molar-refractivity contribution is 0.100. The predicted molar refractivity (Wildman–Crippen MR) is 82.4 cm³/mol. The molecule has 0 radical (unpaired) electrons. The summed E-state index contributed by atoms with van der Waals surface area (Å²) in [4.78, 5) is 11.1. The number of fused-ring (bicyclic) bond motifs is 1. The minimum Gasteiger partial charge on any atom is -0.493 e. The van der Waals surface area contributed by atoms with E-state index in [4.69, 9.17) is 10.5 Å². The van der Waals surface area contributed by atoms with E-state index in [1.165, 1.54) is 0 Å². The molecule has 4 nitrogen and oxygen atoms in total. The maximum absolute atomic E-state index is 11.1. The van der Waals surface area contributed by atoms with Gasteiger partial charge in [-0.05, 0) is 30.3 Å². The molecular weight excluding hydrogens is 264 g/mol. The zero-order valence-electron chi connectivity index (χ0n) is 11.9. The van der Waals surface area contributed by atoms with E-state index < -0.39 is 5.91 Å². The topological polar surface area (TPSA) is 64.3 Å². The van der Waals surface area contributed by atoms with Gasteiger partial charge in [-0.1, -0.05) is 25.1 Å². The lowest BCUT2D eigenvalue weighted by Crippen LogP contribution is -2.28. The van der Waals surface area contributed by atoms with Gasteiger partial charge in [0.05, 0.1) is 12.6 Å². The molecule has 2 aromatic carbocycles. The van der Waals surface area contributed by atoms with E-state index in [2.05, 4.69) is 18.3 Å². The van der Waals surface area contributed by atoms with Gasteiger partial charge in [-0.3, -0.25) is 4.79 Å². The molecule has 1 aliphatic heterocycles. The van der Waals surface area contributed by atoms with E-state index in [1.54, 1.807) is 12.1 Å². The monoisotopic (exact) mass is 282 g/mol. The van der Waals surface area contributed by atoms with Crippen LogP contribution in [0.3, 0.4) is 0 Å². The summed E-state index contributed by atoms with van der Waals surface area (Å²) in [6, 6.07) is 15.5. The van der Waals surface area contributed by atoms with Gasteiger partial charge in [0.1, 0.15) is 5.75 Å². The maximum Gasteiger partial charge on any atom is 0.248 e. The van der Waals surface area contributed by atoms with Crippen molar-refractivity contribution in [3.63, 3.8) is 0 Å². The van der Waals surface area contributed by atoms with Crippen LogP contribution in [0.2, 0.25) is 0 Å². The van der Waals surface area contributed by atoms with Crippen LogP contribution in [-0.2, 0) is 0 Å². The highest BCUT2D eigenvalue weighted by molar-refractivity contribution is 5.93. The number of carbonyl (C=O) groups is 1. The van der Waals surface area contributed by atoms with Crippen molar-refractivity contribution in [1.29, 1.82) is 0 Å². The summed E-state index contributed by atoms with van der Waals surface area (Å²) >= 11 is 0. The minimum absolute atomic E-state index is 0.189. The summed E-state index contributed by atoms with van der Waals surface area (Å²) in [5, 5.41) is 3.52. The van der Waals surface area contributed by atoms with E-state index in [-0.39, 0.29) is 6.04 Å². The zero-order valence-corrected chi connectivity index (χ0v) is 11.9. The van der Waals surface area contributed by atoms with Crippen LogP contribution in [0.25, 0.3) is 0 Å². The third-order valence-electron chi connectivity index (χ3n) is 3.82. The van der Waals surface area contributed by atoms with Crippen LogP contribution in [0.5, 0.6) is 5.75 Å². The minimum atomic E-state index is -0.411. The Bertz CT molecular complexity index is 652. The lowest BCUT2D eigenvalue weighted by atomic mass is 9.92. The first-order valence-corrected chi connectivity index (χ1v) is 7.03. The van der Waals surface area contributed by atoms with Crippen molar-refractivity contribution in [2.45, 2.75) is 13.0 Å². The van der Waals surface area contributed by atoms with Crippen molar-refractivity contribution in [1.82, 2.24) is 0 Å². The summed E-state index contributed by atoms with van der Waals surface area (Å²) in [5.41, 5.74) is 7.90. The number of carbonyl (C=O) groups excluding carboxylic acids is 1. The van der Waals surface area contributed by atoms with Gasteiger partial charge in [0.25, 0.3) is 0 Å². The standard InChI is InChI=1S/C17H18N2O2/c1-11-10-21-15-5-3-2-4-14(15)16(11)19-13-8-6-12(7-9-13)17(18)20/h2-9,11,16,19H,10H2,1H3,(H2,18,20). The normalized spacial score (nSPS) is 20.2.